The second-order valence-electron chi connectivity index (χ2n) is 2.51. The standard InChI is InChI=1S/C6H12O7.Mg.Sn.4H/c7-1-2(8)3(9)4(10)5(11)6(12)13;;;;;;/h2-5,7-11H,1H2,(H,12,13);;;;;;/q;+2;;;;2*-1/t2-,3-,4+,5-;;;;;;/m1....../s1. The Balaban J connectivity index is -0.000000120. The molecule has 0 bridgehead atoms. The summed E-state index contributed by atoms with van der Waals surface area (Å²) in [5.74, 6) is -1.73. The number of carbonyl (C=O) groups is 1. The van der Waals surface area contributed by atoms with Crippen LogP contribution >= 0.6 is 0 Å². The van der Waals surface area contributed by atoms with Crippen LogP contribution in [-0.2, 0) is 4.79 Å². The number of carboxylic acid groups (broad SMARTS) is 1. The van der Waals surface area contributed by atoms with E-state index in [0.29, 0.717) is 0 Å². The summed E-state index contributed by atoms with van der Waals surface area (Å²) in [6, 6.07) is 0. The van der Waals surface area contributed by atoms with Crippen LogP contribution in [0.25, 0.3) is 0 Å². The normalized spacial score (nSPS) is 17.7. The summed E-state index contributed by atoms with van der Waals surface area (Å²) in [6.45, 7) is -0.843. The number of hydrogen-bond donors (Lipinski definition) is 6. The van der Waals surface area contributed by atoms with Gasteiger partial charge in [-0.15, -0.1) is 0 Å². The number of rotatable bonds is 5. The number of aliphatic hydroxyl groups excluding tert-OH is 5. The molecule has 0 spiro atoms. The van der Waals surface area contributed by atoms with E-state index in [4.69, 9.17) is 30.6 Å². The van der Waals surface area contributed by atoms with Gasteiger partial charge in [-0.1, -0.05) is 0 Å². The van der Waals surface area contributed by atoms with Crippen LogP contribution in [0.1, 0.15) is 2.85 Å². The molecule has 4 atom stereocenters. The zero-order chi connectivity index (χ0) is 10.6. The van der Waals surface area contributed by atoms with Gasteiger partial charge < -0.3 is 33.5 Å². The molecule has 0 amide bonds. The predicted molar refractivity (Wildman–Crippen MR) is 55.3 cm³/mol. The van der Waals surface area contributed by atoms with E-state index in [1.807, 2.05) is 0 Å². The summed E-state index contributed by atoms with van der Waals surface area (Å²) < 4.78 is 0. The first-order chi connectivity index (χ1) is 5.91. The minimum absolute atomic E-state index is 0. The quantitative estimate of drug-likeness (QED) is 0.276. The molecule has 0 aliphatic heterocycles. The Kier molecular flexibility index (Phi) is 14.1. The molecule has 0 aliphatic rings. The first kappa shape index (κ1) is 21.2. The monoisotopic (exact) mass is 344 g/mol. The number of carboxylic acids is 1. The average molecular weight is 343 g/mol. The van der Waals surface area contributed by atoms with E-state index >= 15 is 0 Å². The second kappa shape index (κ2) is 10.0. The predicted octanol–water partition coefficient (Wildman–Crippen LogP) is -4.57. The molecule has 0 aromatic carbocycles. The summed E-state index contributed by atoms with van der Waals surface area (Å²) in [7, 11) is 0. The van der Waals surface area contributed by atoms with Gasteiger partial charge >= 0.3 is 52.9 Å². The molecule has 6 N–H and O–H groups in total. The van der Waals surface area contributed by atoms with Gasteiger partial charge in [-0.05, 0) is 0 Å². The van der Waals surface area contributed by atoms with E-state index < -0.39 is 37.0 Å². The van der Waals surface area contributed by atoms with Crippen molar-refractivity contribution in [2.24, 2.45) is 0 Å². The summed E-state index contributed by atoms with van der Waals surface area (Å²) >= 11 is 0. The summed E-state index contributed by atoms with van der Waals surface area (Å²) in [4.78, 5) is 10.1. The molecule has 9 heteroatoms. The molecule has 0 rings (SSSR count). The summed E-state index contributed by atoms with van der Waals surface area (Å²) in [5, 5.41) is 51.8. The first-order valence-electron chi connectivity index (χ1n) is 3.47. The zero-order valence-corrected chi connectivity index (χ0v) is 13.5. The zero-order valence-electron chi connectivity index (χ0n) is 10.0. The molecule has 0 unspecified atom stereocenters. The van der Waals surface area contributed by atoms with Gasteiger partial charge in [0.05, 0.1) is 6.61 Å². The van der Waals surface area contributed by atoms with Crippen molar-refractivity contribution in [3.63, 3.8) is 0 Å². The maximum absolute atomic E-state index is 10.1. The van der Waals surface area contributed by atoms with Crippen LogP contribution in [0.15, 0.2) is 0 Å². The van der Waals surface area contributed by atoms with Gasteiger partial charge in [0.1, 0.15) is 18.3 Å². The molecule has 0 heterocycles. The molecule has 0 aromatic rings. The van der Waals surface area contributed by atoms with Crippen molar-refractivity contribution in [2.75, 3.05) is 6.61 Å². The third kappa shape index (κ3) is 6.89. The number of aliphatic carboxylic acids is 1. The molecule has 0 saturated heterocycles. The fraction of sp³-hybridized carbons (Fsp3) is 0.833. The Bertz CT molecular complexity index is 190. The van der Waals surface area contributed by atoms with E-state index in [1.165, 1.54) is 0 Å². The third-order valence-corrected chi connectivity index (χ3v) is 1.51. The van der Waals surface area contributed by atoms with Crippen molar-refractivity contribution in [3.8, 4) is 0 Å². The van der Waals surface area contributed by atoms with Crippen molar-refractivity contribution >= 4 is 52.9 Å². The van der Waals surface area contributed by atoms with Gasteiger partial charge in [0.2, 0.25) is 0 Å². The second-order valence-corrected chi connectivity index (χ2v) is 2.51. The van der Waals surface area contributed by atoms with E-state index in [-0.39, 0.29) is 49.8 Å². The first-order valence-corrected chi connectivity index (χ1v) is 3.47. The van der Waals surface area contributed by atoms with Crippen molar-refractivity contribution < 1.29 is 38.3 Å². The fourth-order valence-corrected chi connectivity index (χ4v) is 0.668. The van der Waals surface area contributed by atoms with Crippen LogP contribution in [0.4, 0.5) is 0 Å². The number of hydrogen-bond acceptors (Lipinski definition) is 6. The van der Waals surface area contributed by atoms with Gasteiger partial charge in [0, 0.05) is 0 Å². The van der Waals surface area contributed by atoms with E-state index in [0.717, 1.165) is 0 Å². The van der Waals surface area contributed by atoms with Gasteiger partial charge in [-0.25, -0.2) is 4.79 Å². The van der Waals surface area contributed by atoms with Crippen LogP contribution in [0.5, 0.6) is 0 Å². The molecule has 0 fully saturated rings. The van der Waals surface area contributed by atoms with Crippen LogP contribution in [0.3, 0.4) is 0 Å². The molecule has 0 aromatic heterocycles. The molecular formula is C6H16MgO7Sn. The van der Waals surface area contributed by atoms with Crippen molar-refractivity contribution in [1.29, 1.82) is 0 Å². The number of aliphatic hydroxyl groups is 5. The van der Waals surface area contributed by atoms with Gasteiger partial charge in [-0.3, -0.25) is 0 Å². The maximum atomic E-state index is 10.1. The van der Waals surface area contributed by atoms with Gasteiger partial charge in [0.25, 0.3) is 0 Å². The molecule has 2 radical (unpaired) electrons. The van der Waals surface area contributed by atoms with Gasteiger partial charge in [0.15, 0.2) is 6.10 Å². The van der Waals surface area contributed by atoms with Gasteiger partial charge in [-0.2, -0.15) is 0 Å². The molecule has 15 heavy (non-hydrogen) atoms. The minimum atomic E-state index is -2.20. The fourth-order valence-electron chi connectivity index (χ4n) is 0.668. The van der Waals surface area contributed by atoms with Crippen LogP contribution in [0, 0.1) is 0 Å². The SMILES string of the molecule is O=C(O)[C@H](O)[C@@H](O)[C@H](O)[C@H](O)CO.[H-].[H-].[Mg+2].[SnH2]. The van der Waals surface area contributed by atoms with Crippen molar-refractivity contribution in [2.45, 2.75) is 24.4 Å². The topological polar surface area (TPSA) is 138 Å². The van der Waals surface area contributed by atoms with Crippen molar-refractivity contribution in [3.05, 3.63) is 0 Å². The Morgan fingerprint density at radius 2 is 1.53 bits per heavy atom. The van der Waals surface area contributed by atoms with Crippen LogP contribution in [-0.4, -0.2) is 115 Å². The average Bonchev–Trinajstić information content (AvgIpc) is 2.12. The van der Waals surface area contributed by atoms with Crippen LogP contribution < -0.4 is 0 Å². The molecule has 0 aliphatic carbocycles. The van der Waals surface area contributed by atoms with Crippen molar-refractivity contribution in [1.82, 2.24) is 0 Å². The molecule has 7 nitrogen and oxygen atoms in total. The van der Waals surface area contributed by atoms with E-state index in [1.54, 1.807) is 0 Å². The van der Waals surface area contributed by atoms with E-state index in [9.17, 15) is 4.79 Å². The summed E-state index contributed by atoms with van der Waals surface area (Å²) in [6.07, 6.45) is -7.84. The Hall–Kier alpha value is 0.835. The molecular weight excluding hydrogens is 327 g/mol. The Morgan fingerprint density at radius 1 is 1.13 bits per heavy atom. The Labute approximate surface area is 122 Å². The Morgan fingerprint density at radius 3 is 1.80 bits per heavy atom. The third-order valence-electron chi connectivity index (χ3n) is 1.51. The van der Waals surface area contributed by atoms with Crippen LogP contribution in [0.2, 0.25) is 0 Å². The molecule has 0 saturated carbocycles. The summed E-state index contributed by atoms with van der Waals surface area (Å²) in [5.41, 5.74) is 0. The van der Waals surface area contributed by atoms with E-state index in [2.05, 4.69) is 0 Å². The molecule has 88 valence electrons.